The molecule has 29 heavy (non-hydrogen) atoms. The summed E-state index contributed by atoms with van der Waals surface area (Å²) in [5, 5.41) is 0. The number of nitrogens with zero attached hydrogens (tertiary/aromatic N) is 2. The number of benzene rings is 2. The molecule has 1 saturated heterocycles. The van der Waals surface area contributed by atoms with Crippen LogP contribution in [0.4, 0.5) is 5.69 Å². The van der Waals surface area contributed by atoms with Gasteiger partial charge >= 0.3 is 0 Å². The summed E-state index contributed by atoms with van der Waals surface area (Å²) in [7, 11) is -3.63. The van der Waals surface area contributed by atoms with Crippen molar-refractivity contribution in [2.75, 3.05) is 18.0 Å². The maximum absolute atomic E-state index is 13.4. The van der Waals surface area contributed by atoms with Crippen LogP contribution in [-0.4, -0.2) is 37.8 Å². The van der Waals surface area contributed by atoms with Gasteiger partial charge < -0.3 is 4.90 Å². The predicted molar refractivity (Wildman–Crippen MR) is 117 cm³/mol. The summed E-state index contributed by atoms with van der Waals surface area (Å²) in [5.41, 5.74) is 3.05. The molecular weight excluding hydrogens is 384 g/mol. The molecule has 6 heteroatoms. The van der Waals surface area contributed by atoms with Crippen molar-refractivity contribution in [1.29, 1.82) is 0 Å². The number of carbonyl (C=O) groups excluding carboxylic acids is 1. The number of hydrogen-bond donors (Lipinski definition) is 0. The summed E-state index contributed by atoms with van der Waals surface area (Å²) in [5.74, 6) is -0.178. The van der Waals surface area contributed by atoms with Crippen LogP contribution in [0.2, 0.25) is 0 Å². The van der Waals surface area contributed by atoms with E-state index in [1.54, 1.807) is 27.4 Å². The van der Waals surface area contributed by atoms with Crippen molar-refractivity contribution >= 4 is 21.6 Å². The molecule has 0 N–H and O–H groups in total. The standard InChI is InChI=1S/C23H30N2O3S/c1-5-24(22-12-7-6-10-18(22)3)23(26)21-16-20(14-13-17(21)2)29(27,28)25-15-9-8-11-19(25)4/h6-7,10,12-14,16,19H,5,8-9,11,15H2,1-4H3. The van der Waals surface area contributed by atoms with Crippen LogP contribution in [0.15, 0.2) is 47.4 Å². The summed E-state index contributed by atoms with van der Waals surface area (Å²) in [6.07, 6.45) is 2.79. The third kappa shape index (κ3) is 4.23. The fourth-order valence-electron chi connectivity index (χ4n) is 3.99. The zero-order valence-electron chi connectivity index (χ0n) is 17.7. The Morgan fingerprint density at radius 2 is 1.83 bits per heavy atom. The molecule has 5 nitrogen and oxygen atoms in total. The molecule has 0 radical (unpaired) electrons. The van der Waals surface area contributed by atoms with Crippen LogP contribution >= 0.6 is 0 Å². The first-order chi connectivity index (χ1) is 13.8. The van der Waals surface area contributed by atoms with Crippen molar-refractivity contribution in [2.24, 2.45) is 0 Å². The molecule has 2 aromatic rings. The van der Waals surface area contributed by atoms with Gasteiger partial charge in [0.15, 0.2) is 0 Å². The summed E-state index contributed by atoms with van der Waals surface area (Å²) in [4.78, 5) is 15.3. The van der Waals surface area contributed by atoms with Gasteiger partial charge in [-0.2, -0.15) is 4.31 Å². The number of sulfonamides is 1. The van der Waals surface area contributed by atoms with E-state index >= 15 is 0 Å². The number of hydrogen-bond acceptors (Lipinski definition) is 3. The summed E-state index contributed by atoms with van der Waals surface area (Å²) >= 11 is 0. The summed E-state index contributed by atoms with van der Waals surface area (Å²) in [6, 6.07) is 12.6. The smallest absolute Gasteiger partial charge is 0.258 e. The molecule has 1 fully saturated rings. The molecule has 156 valence electrons. The van der Waals surface area contributed by atoms with Gasteiger partial charge in [0.1, 0.15) is 0 Å². The quantitative estimate of drug-likeness (QED) is 0.722. The van der Waals surface area contributed by atoms with E-state index in [-0.39, 0.29) is 16.8 Å². The first kappa shape index (κ1) is 21.5. The molecule has 3 rings (SSSR count). The fourth-order valence-corrected chi connectivity index (χ4v) is 5.72. The van der Waals surface area contributed by atoms with Crippen LogP contribution in [0, 0.1) is 13.8 Å². The minimum Gasteiger partial charge on any atom is -0.308 e. The van der Waals surface area contributed by atoms with Crippen molar-refractivity contribution < 1.29 is 13.2 Å². The third-order valence-corrected chi connectivity index (χ3v) is 7.77. The van der Waals surface area contributed by atoms with Gasteiger partial charge in [-0.1, -0.05) is 30.7 Å². The Morgan fingerprint density at radius 3 is 2.48 bits per heavy atom. The normalized spacial score (nSPS) is 17.9. The van der Waals surface area contributed by atoms with E-state index in [2.05, 4.69) is 0 Å². The van der Waals surface area contributed by atoms with Crippen molar-refractivity contribution in [1.82, 2.24) is 4.31 Å². The largest absolute Gasteiger partial charge is 0.308 e. The Hall–Kier alpha value is -2.18. The average Bonchev–Trinajstić information content (AvgIpc) is 2.70. The van der Waals surface area contributed by atoms with E-state index in [1.807, 2.05) is 52.0 Å². The van der Waals surface area contributed by atoms with Crippen molar-refractivity contribution in [3.05, 3.63) is 59.2 Å². The lowest BCUT2D eigenvalue weighted by molar-refractivity contribution is 0.0987. The van der Waals surface area contributed by atoms with Crippen molar-refractivity contribution in [3.63, 3.8) is 0 Å². The molecule has 1 atom stereocenters. The van der Waals surface area contributed by atoms with Gasteiger partial charge in [0, 0.05) is 30.4 Å². The average molecular weight is 415 g/mol. The van der Waals surface area contributed by atoms with Crippen LogP contribution < -0.4 is 4.90 Å². The van der Waals surface area contributed by atoms with Gasteiger partial charge in [0.05, 0.1) is 4.90 Å². The van der Waals surface area contributed by atoms with Crippen LogP contribution in [0.3, 0.4) is 0 Å². The fraction of sp³-hybridized carbons (Fsp3) is 0.435. The highest BCUT2D eigenvalue weighted by molar-refractivity contribution is 7.89. The predicted octanol–water partition coefficient (Wildman–Crippen LogP) is 4.53. The number of rotatable bonds is 5. The lowest BCUT2D eigenvalue weighted by Gasteiger charge is -2.32. The van der Waals surface area contributed by atoms with Crippen LogP contribution in [0.25, 0.3) is 0 Å². The SMILES string of the molecule is CCN(C(=O)c1cc(S(=O)(=O)N2CCCCC2C)ccc1C)c1ccccc1C. The molecular formula is C23H30N2O3S. The number of aryl methyl sites for hydroxylation is 2. The number of anilines is 1. The lowest BCUT2D eigenvalue weighted by Crippen LogP contribution is -2.42. The molecule has 1 unspecified atom stereocenters. The molecule has 0 spiro atoms. The van der Waals surface area contributed by atoms with E-state index in [9.17, 15) is 13.2 Å². The Balaban J connectivity index is 2.00. The molecule has 1 aliphatic heterocycles. The van der Waals surface area contributed by atoms with Crippen molar-refractivity contribution in [3.8, 4) is 0 Å². The highest BCUT2D eigenvalue weighted by Crippen LogP contribution is 2.28. The molecule has 2 aromatic carbocycles. The Morgan fingerprint density at radius 1 is 1.10 bits per heavy atom. The van der Waals surface area contributed by atoms with Gasteiger partial charge in [0.2, 0.25) is 10.0 Å². The van der Waals surface area contributed by atoms with Crippen LogP contribution in [0.5, 0.6) is 0 Å². The minimum atomic E-state index is -3.63. The topological polar surface area (TPSA) is 57.7 Å². The van der Waals surface area contributed by atoms with Crippen molar-refractivity contribution in [2.45, 2.75) is 57.9 Å². The number of piperidine rings is 1. The monoisotopic (exact) mass is 414 g/mol. The van der Waals surface area contributed by atoms with E-state index in [0.29, 0.717) is 18.7 Å². The third-order valence-electron chi connectivity index (χ3n) is 5.76. The molecule has 1 amide bonds. The van der Waals surface area contributed by atoms with Gasteiger partial charge in [-0.3, -0.25) is 4.79 Å². The van der Waals surface area contributed by atoms with Crippen LogP contribution in [-0.2, 0) is 10.0 Å². The second kappa shape index (κ2) is 8.67. The van der Waals surface area contributed by atoms with Gasteiger partial charge in [-0.25, -0.2) is 8.42 Å². The summed E-state index contributed by atoms with van der Waals surface area (Å²) in [6.45, 7) is 8.73. The molecule has 1 aliphatic rings. The van der Waals surface area contributed by atoms with E-state index in [4.69, 9.17) is 0 Å². The molecule has 0 bridgehead atoms. The Kier molecular flexibility index (Phi) is 6.44. The maximum atomic E-state index is 13.4. The number of amides is 1. The Bertz CT molecular complexity index is 1000. The van der Waals surface area contributed by atoms with E-state index in [0.717, 1.165) is 36.1 Å². The van der Waals surface area contributed by atoms with E-state index < -0.39 is 10.0 Å². The second-order valence-electron chi connectivity index (χ2n) is 7.77. The first-order valence-corrected chi connectivity index (χ1v) is 11.7. The van der Waals surface area contributed by atoms with E-state index in [1.165, 1.54) is 0 Å². The summed E-state index contributed by atoms with van der Waals surface area (Å²) < 4.78 is 28.1. The highest BCUT2D eigenvalue weighted by atomic mass is 32.2. The first-order valence-electron chi connectivity index (χ1n) is 10.3. The lowest BCUT2D eigenvalue weighted by atomic mass is 10.1. The molecule has 1 heterocycles. The Labute approximate surface area is 174 Å². The van der Waals surface area contributed by atoms with Crippen LogP contribution in [0.1, 0.15) is 54.6 Å². The van der Waals surface area contributed by atoms with Gasteiger partial charge in [-0.15, -0.1) is 0 Å². The second-order valence-corrected chi connectivity index (χ2v) is 9.66. The molecule has 0 saturated carbocycles. The molecule has 0 aromatic heterocycles. The maximum Gasteiger partial charge on any atom is 0.258 e. The molecule has 0 aliphatic carbocycles. The zero-order valence-corrected chi connectivity index (χ0v) is 18.5. The minimum absolute atomic E-state index is 0.0201. The zero-order chi connectivity index (χ0) is 21.2. The van der Waals surface area contributed by atoms with Gasteiger partial charge in [-0.05, 0) is 69.9 Å². The number of para-hydroxylation sites is 1. The number of carbonyl (C=O) groups is 1. The van der Waals surface area contributed by atoms with Gasteiger partial charge in [0.25, 0.3) is 5.91 Å². The highest BCUT2D eigenvalue weighted by Gasteiger charge is 2.32.